The second-order valence-corrected chi connectivity index (χ2v) is 23.6. The van der Waals surface area contributed by atoms with Crippen molar-refractivity contribution >= 4 is 22.1 Å². The molecule has 2 nitrogen and oxygen atoms in total. The molecule has 4 rings (SSSR count). The second kappa shape index (κ2) is 13.5. The molecule has 0 radical (unpaired) electrons. The van der Waals surface area contributed by atoms with Crippen LogP contribution in [0.2, 0.25) is 13.3 Å². The van der Waals surface area contributed by atoms with Crippen molar-refractivity contribution in [2.45, 2.75) is 78.1 Å². The van der Waals surface area contributed by atoms with Crippen LogP contribution >= 0.6 is 0 Å². The van der Waals surface area contributed by atoms with Gasteiger partial charge in [-0.05, 0) is 0 Å². The quantitative estimate of drug-likeness (QED) is 0.105. The Balaban J connectivity index is 2.07. The summed E-state index contributed by atoms with van der Waals surface area (Å²) in [6.07, 6.45) is 12.3. The predicted molar refractivity (Wildman–Crippen MR) is 161 cm³/mol. The van der Waals surface area contributed by atoms with Crippen molar-refractivity contribution in [1.29, 1.82) is 0 Å². The molecule has 1 aromatic heterocycles. The Morgan fingerprint density at radius 1 is 0.595 bits per heavy atom. The summed E-state index contributed by atoms with van der Waals surface area (Å²) >= 11 is -2.83. The van der Waals surface area contributed by atoms with Crippen LogP contribution < -0.4 is 3.71 Å². The van der Waals surface area contributed by atoms with E-state index < -0.39 is 23.9 Å². The van der Waals surface area contributed by atoms with E-state index in [1.165, 1.54) is 68.5 Å². The van der Waals surface area contributed by atoms with Gasteiger partial charge in [-0.3, -0.25) is 0 Å². The van der Waals surface area contributed by atoms with Crippen LogP contribution in [0.25, 0.3) is 0 Å². The van der Waals surface area contributed by atoms with Crippen LogP contribution in [0.1, 0.15) is 76.0 Å². The van der Waals surface area contributed by atoms with Crippen LogP contribution in [0.3, 0.4) is 0 Å². The third-order valence-corrected chi connectivity index (χ3v) is 23.5. The number of rotatable bonds is 14. The van der Waals surface area contributed by atoms with Crippen molar-refractivity contribution in [1.82, 2.24) is 9.55 Å². The first kappa shape index (κ1) is 27.7. The number of nitrogens with zero attached hydrogens (tertiary/aromatic N) is 2. The van der Waals surface area contributed by atoms with Gasteiger partial charge in [-0.15, -0.1) is 0 Å². The number of hydrogen-bond donors (Lipinski definition) is 0. The molecule has 0 saturated carbocycles. The van der Waals surface area contributed by atoms with Crippen LogP contribution in [-0.2, 0) is 5.54 Å². The molecule has 0 bridgehead atoms. The molecule has 0 atom stereocenters. The molecule has 3 heteroatoms. The van der Waals surface area contributed by atoms with E-state index in [0.29, 0.717) is 0 Å². The Morgan fingerprint density at radius 3 is 1.32 bits per heavy atom. The fourth-order valence-corrected chi connectivity index (χ4v) is 22.5. The van der Waals surface area contributed by atoms with E-state index in [0.717, 1.165) is 0 Å². The van der Waals surface area contributed by atoms with Gasteiger partial charge in [-0.2, -0.15) is 0 Å². The van der Waals surface area contributed by atoms with Gasteiger partial charge in [0, 0.05) is 0 Å². The molecule has 37 heavy (non-hydrogen) atoms. The van der Waals surface area contributed by atoms with E-state index in [-0.39, 0.29) is 0 Å². The summed E-state index contributed by atoms with van der Waals surface area (Å²) in [5.74, 6) is 0. The monoisotopic (exact) mass is 600 g/mol. The molecule has 3 aromatic carbocycles. The Labute approximate surface area is 229 Å². The topological polar surface area (TPSA) is 17.8 Å². The molecular weight excluding hydrogens is 555 g/mol. The van der Waals surface area contributed by atoms with Crippen LogP contribution in [0.15, 0.2) is 104 Å². The van der Waals surface area contributed by atoms with Crippen molar-refractivity contribution < 1.29 is 0 Å². The molecule has 0 aliphatic carbocycles. The van der Waals surface area contributed by atoms with E-state index in [1.54, 1.807) is 3.71 Å². The van der Waals surface area contributed by atoms with Crippen molar-refractivity contribution in [3.63, 3.8) is 0 Å². The Morgan fingerprint density at radius 2 is 0.973 bits per heavy atom. The zero-order valence-electron chi connectivity index (χ0n) is 23.1. The van der Waals surface area contributed by atoms with Gasteiger partial charge in [0.2, 0.25) is 0 Å². The van der Waals surface area contributed by atoms with E-state index >= 15 is 0 Å². The molecule has 0 spiro atoms. The third kappa shape index (κ3) is 5.74. The molecule has 0 aliphatic rings. The van der Waals surface area contributed by atoms with Gasteiger partial charge >= 0.3 is 230 Å². The third-order valence-electron chi connectivity index (χ3n) is 8.14. The predicted octanol–water partition coefficient (Wildman–Crippen LogP) is 8.78. The summed E-state index contributed by atoms with van der Waals surface area (Å²) < 4.78 is 8.51. The normalized spacial score (nSPS) is 12.1. The molecule has 1 heterocycles. The van der Waals surface area contributed by atoms with Crippen LogP contribution in [0.5, 0.6) is 0 Å². The maximum atomic E-state index is 4.97. The number of aromatic nitrogens is 2. The van der Waals surface area contributed by atoms with Gasteiger partial charge < -0.3 is 0 Å². The average Bonchev–Trinajstić information content (AvgIpc) is 3.46. The average molecular weight is 599 g/mol. The Bertz CT molecular complexity index is 1070. The fraction of sp³-hybridized carbons (Fsp3) is 0.382. The first-order valence-corrected chi connectivity index (χ1v) is 21.9. The van der Waals surface area contributed by atoms with E-state index in [4.69, 9.17) is 4.98 Å². The number of unbranched alkanes of at least 4 members (excludes halogenated alkanes) is 3. The van der Waals surface area contributed by atoms with Crippen LogP contribution in [0, 0.1) is 0 Å². The molecule has 0 unspecified atom stereocenters. The van der Waals surface area contributed by atoms with Crippen molar-refractivity contribution in [3.8, 4) is 0 Å². The molecular formula is C34H44N2Sn. The summed E-state index contributed by atoms with van der Waals surface area (Å²) in [5, 5.41) is 0. The summed E-state index contributed by atoms with van der Waals surface area (Å²) in [7, 11) is 0. The summed E-state index contributed by atoms with van der Waals surface area (Å²) in [5.41, 5.74) is 3.44. The van der Waals surface area contributed by atoms with Crippen LogP contribution in [0.4, 0.5) is 0 Å². The van der Waals surface area contributed by atoms with E-state index in [2.05, 4.69) is 129 Å². The zero-order chi connectivity index (χ0) is 26.0. The summed E-state index contributed by atoms with van der Waals surface area (Å²) in [6, 6.07) is 33.4. The van der Waals surface area contributed by atoms with Crippen LogP contribution in [-0.4, -0.2) is 27.9 Å². The molecule has 194 valence electrons. The summed E-state index contributed by atoms with van der Waals surface area (Å²) in [6.45, 7) is 7.07. The number of hydrogen-bond acceptors (Lipinski definition) is 1. The standard InChI is InChI=1S/C22H17N2.3C4H9.Sn/c1-4-10-19(11-5-1)22(24-17-16-23-18-24,20-12-6-2-7-13-20)21-14-8-3-9-15-21;3*1-3-4-2;/h1-16,18H;3*1,3-4H2,2H3;. The summed E-state index contributed by atoms with van der Waals surface area (Å²) in [4.78, 5) is 4.97. The van der Waals surface area contributed by atoms with Gasteiger partial charge in [0.15, 0.2) is 0 Å². The fourth-order valence-electron chi connectivity index (χ4n) is 6.21. The van der Waals surface area contributed by atoms with E-state index in [9.17, 15) is 0 Å². The van der Waals surface area contributed by atoms with Gasteiger partial charge in [0.25, 0.3) is 0 Å². The second-order valence-electron chi connectivity index (χ2n) is 10.5. The maximum absolute atomic E-state index is 4.97. The van der Waals surface area contributed by atoms with Gasteiger partial charge in [0.1, 0.15) is 0 Å². The first-order chi connectivity index (χ1) is 18.2. The van der Waals surface area contributed by atoms with Crippen molar-refractivity contribution in [2.24, 2.45) is 0 Å². The molecule has 0 saturated heterocycles. The zero-order valence-corrected chi connectivity index (χ0v) is 25.9. The number of imidazole rings is 1. The van der Waals surface area contributed by atoms with Gasteiger partial charge in [-0.1, -0.05) is 0 Å². The molecule has 0 amide bonds. The minimum atomic E-state index is -2.83. The minimum absolute atomic E-state index is 0.456. The Hall–Kier alpha value is -2.33. The molecule has 0 fully saturated rings. The first-order valence-electron chi connectivity index (χ1n) is 14.4. The molecule has 0 aliphatic heterocycles. The van der Waals surface area contributed by atoms with Gasteiger partial charge in [0.05, 0.1) is 0 Å². The van der Waals surface area contributed by atoms with Crippen molar-refractivity contribution in [3.05, 3.63) is 120 Å². The van der Waals surface area contributed by atoms with Crippen molar-refractivity contribution in [2.75, 3.05) is 0 Å². The van der Waals surface area contributed by atoms with E-state index in [1.807, 2.05) is 0 Å². The Kier molecular flexibility index (Phi) is 10.1. The molecule has 0 N–H and O–H groups in total. The number of benzene rings is 3. The van der Waals surface area contributed by atoms with Gasteiger partial charge in [-0.25, -0.2) is 0 Å². The molecule has 4 aromatic rings. The SMILES string of the molecule is CCC[CH2][Sn]([CH2]CCC)([CH2]CCC)[c]1cncn1C(c1ccccc1)(c1ccccc1)c1ccccc1.